The average Bonchev–Trinajstić information content (AvgIpc) is 2.88. The summed E-state index contributed by atoms with van der Waals surface area (Å²) in [5, 5.41) is 29.7. The Balaban J connectivity index is 0.00000373. The van der Waals surface area contributed by atoms with Gasteiger partial charge >= 0.3 is 5.97 Å². The second-order valence-corrected chi connectivity index (χ2v) is 11.4. The van der Waals surface area contributed by atoms with Crippen LogP contribution in [0.3, 0.4) is 0 Å². The van der Waals surface area contributed by atoms with Gasteiger partial charge in [0.05, 0.1) is 19.8 Å². The predicted molar refractivity (Wildman–Crippen MR) is 155 cm³/mol. The Morgan fingerprint density at radius 1 is 0.805 bits per heavy atom. The molecule has 0 saturated carbocycles. The molecule has 0 atom stereocenters. The Kier molecular flexibility index (Phi) is 17.9. The number of hydrogen-bond acceptors (Lipinski definition) is 7. The predicted octanol–water partition coefficient (Wildman–Crippen LogP) is 1.07. The fourth-order valence-corrected chi connectivity index (χ4v) is 3.46. The third-order valence-electron chi connectivity index (χ3n) is 5.12. The first kappa shape index (κ1) is 37.5. The van der Waals surface area contributed by atoms with Gasteiger partial charge in [0.2, 0.25) is 17.7 Å². The third kappa shape index (κ3) is 17.7. The lowest BCUT2D eigenvalue weighted by molar-refractivity contribution is -0.142. The smallest absolute Gasteiger partial charge is 0.322 e. The zero-order valence-electron chi connectivity index (χ0n) is 25.3. The summed E-state index contributed by atoms with van der Waals surface area (Å²) in [6.45, 7) is 10.1. The summed E-state index contributed by atoms with van der Waals surface area (Å²) in [4.78, 5) is 65.3. The normalized spacial score (nSPS) is 10.8. The molecule has 0 radical (unpaired) electrons. The number of nitrogens with zero attached hydrogens (tertiary/aromatic N) is 3. The van der Waals surface area contributed by atoms with Gasteiger partial charge in [0, 0.05) is 38.2 Å². The summed E-state index contributed by atoms with van der Waals surface area (Å²) in [5.41, 5.74) is 0.0984. The molecule has 1 aromatic rings. The van der Waals surface area contributed by atoms with Crippen molar-refractivity contribution in [2.24, 2.45) is 11.3 Å². The van der Waals surface area contributed by atoms with E-state index in [0.717, 1.165) is 10.8 Å². The molecule has 0 aliphatic heterocycles. The number of nitrogens with one attached hydrogen (secondary N) is 1. The Labute approximate surface area is 243 Å². The minimum Gasteiger partial charge on any atom is -0.480 e. The highest BCUT2D eigenvalue weighted by molar-refractivity contribution is 5.97. The Morgan fingerprint density at radius 2 is 1.29 bits per heavy atom. The molecule has 0 spiro atoms. The number of carboxylic acid groups (broad SMARTS) is 1. The molecule has 0 bridgehead atoms. The van der Waals surface area contributed by atoms with Crippen molar-refractivity contribution in [1.29, 1.82) is 0 Å². The molecule has 0 heterocycles. The summed E-state index contributed by atoms with van der Waals surface area (Å²) >= 11 is 0. The summed E-state index contributed by atoms with van der Waals surface area (Å²) in [7, 11) is 0. The van der Waals surface area contributed by atoms with E-state index < -0.39 is 43.4 Å². The molecule has 12 heteroatoms. The van der Waals surface area contributed by atoms with Crippen LogP contribution in [0.1, 0.15) is 58.3 Å². The average molecular weight is 581 g/mol. The van der Waals surface area contributed by atoms with Crippen LogP contribution in [0, 0.1) is 11.3 Å². The minimum absolute atomic E-state index is 0.102. The summed E-state index contributed by atoms with van der Waals surface area (Å²) in [5.74, 6) is -2.41. The summed E-state index contributed by atoms with van der Waals surface area (Å²) in [6, 6.07) is 8.52. The largest absolute Gasteiger partial charge is 0.480 e. The molecule has 4 amide bonds. The number of aliphatic hydroxyl groups excluding tert-OH is 2. The molecule has 0 unspecified atom stereocenters. The van der Waals surface area contributed by atoms with Gasteiger partial charge in [-0.05, 0) is 23.5 Å². The van der Waals surface area contributed by atoms with Crippen LogP contribution in [-0.4, -0.2) is 119 Å². The Morgan fingerprint density at radius 3 is 1.78 bits per heavy atom. The second-order valence-electron chi connectivity index (χ2n) is 11.4. The van der Waals surface area contributed by atoms with E-state index in [1.165, 1.54) is 9.80 Å². The lowest BCUT2D eigenvalue weighted by Crippen LogP contribution is -2.50. The van der Waals surface area contributed by atoms with E-state index in [0.29, 0.717) is 5.56 Å². The van der Waals surface area contributed by atoms with E-state index in [4.69, 9.17) is 5.11 Å². The molecule has 12 nitrogen and oxygen atoms in total. The molecule has 0 saturated heterocycles. The van der Waals surface area contributed by atoms with Crippen molar-refractivity contribution in [3.63, 3.8) is 0 Å². The molecule has 1 aromatic carbocycles. The number of aliphatic carboxylic acids is 1. The summed E-state index contributed by atoms with van der Waals surface area (Å²) < 4.78 is 0. The molecular formula is C29H48N4O8. The highest BCUT2D eigenvalue weighted by atomic mass is 16.4. The fourth-order valence-electron chi connectivity index (χ4n) is 3.46. The van der Waals surface area contributed by atoms with E-state index in [2.05, 4.69) is 26.1 Å². The van der Waals surface area contributed by atoms with Gasteiger partial charge in [0.1, 0.15) is 13.1 Å². The van der Waals surface area contributed by atoms with Crippen molar-refractivity contribution in [2.45, 2.75) is 48.0 Å². The van der Waals surface area contributed by atoms with E-state index >= 15 is 0 Å². The van der Waals surface area contributed by atoms with Gasteiger partial charge in [-0.1, -0.05) is 59.7 Å². The molecule has 0 aliphatic carbocycles. The first-order valence-corrected chi connectivity index (χ1v) is 13.7. The number of carbonyl (C=O) groups is 5. The Hall–Kier alpha value is -3.51. The highest BCUT2D eigenvalue weighted by Crippen LogP contribution is 2.17. The number of rotatable bonds is 15. The molecule has 0 aliphatic rings. The second kappa shape index (κ2) is 19.5. The third-order valence-corrected chi connectivity index (χ3v) is 5.12. The van der Waals surface area contributed by atoms with Gasteiger partial charge in [0.15, 0.2) is 0 Å². The zero-order chi connectivity index (χ0) is 31.6. The van der Waals surface area contributed by atoms with Crippen LogP contribution < -0.4 is 5.32 Å². The lowest BCUT2D eigenvalue weighted by atomic mass is 9.95. The van der Waals surface area contributed by atoms with Crippen molar-refractivity contribution >= 4 is 29.6 Å². The molecule has 232 valence electrons. The van der Waals surface area contributed by atoms with E-state index in [-0.39, 0.29) is 57.1 Å². The van der Waals surface area contributed by atoms with Crippen molar-refractivity contribution in [3.8, 4) is 0 Å². The topological polar surface area (TPSA) is 168 Å². The molecular weight excluding hydrogens is 532 g/mol. The van der Waals surface area contributed by atoms with Crippen molar-refractivity contribution in [3.05, 3.63) is 35.9 Å². The van der Waals surface area contributed by atoms with Gasteiger partial charge in [-0.3, -0.25) is 24.0 Å². The van der Waals surface area contributed by atoms with Crippen LogP contribution in [0.4, 0.5) is 0 Å². The van der Waals surface area contributed by atoms with E-state index in [1.807, 2.05) is 20.8 Å². The molecule has 1 rings (SSSR count). The summed E-state index contributed by atoms with van der Waals surface area (Å²) in [6.07, 6.45) is -0.197. The minimum atomic E-state index is -1.21. The fraction of sp³-hybridized carbons (Fsp3) is 0.621. The number of carbonyl (C=O) groups excluding carboxylic acids is 4. The molecule has 41 heavy (non-hydrogen) atoms. The quantitative estimate of drug-likeness (QED) is 0.239. The van der Waals surface area contributed by atoms with Gasteiger partial charge in [-0.25, -0.2) is 0 Å². The van der Waals surface area contributed by atoms with Crippen molar-refractivity contribution in [1.82, 2.24) is 20.0 Å². The Bertz CT molecular complexity index is 961. The highest BCUT2D eigenvalue weighted by Gasteiger charge is 2.28. The van der Waals surface area contributed by atoms with Crippen LogP contribution in [0.15, 0.2) is 30.3 Å². The lowest BCUT2D eigenvalue weighted by Gasteiger charge is -2.32. The van der Waals surface area contributed by atoms with Crippen LogP contribution in [-0.2, 0) is 19.2 Å². The van der Waals surface area contributed by atoms with Gasteiger partial charge in [0.25, 0.3) is 5.91 Å². The van der Waals surface area contributed by atoms with Crippen LogP contribution in [0.2, 0.25) is 0 Å². The van der Waals surface area contributed by atoms with Gasteiger partial charge < -0.3 is 35.3 Å². The van der Waals surface area contributed by atoms with E-state index in [9.17, 15) is 34.2 Å². The van der Waals surface area contributed by atoms with Gasteiger partial charge in [-0.15, -0.1) is 0 Å². The van der Waals surface area contributed by atoms with Crippen molar-refractivity contribution < 1.29 is 39.3 Å². The van der Waals surface area contributed by atoms with Crippen LogP contribution >= 0.6 is 0 Å². The number of aliphatic hydroxyl groups is 2. The first-order valence-electron chi connectivity index (χ1n) is 13.7. The first-order chi connectivity index (χ1) is 19.1. The SMILES string of the molecule is CC(C)(C)CN(CC(=O)N(CCO)CC(=O)N(CCO)CCC(=O)NCC(=O)O)C(=O)c1ccccc1.CC(C)C. The monoisotopic (exact) mass is 580 g/mol. The van der Waals surface area contributed by atoms with Crippen LogP contribution in [0.25, 0.3) is 0 Å². The standard InChI is InChI=1S/C25H38N4O8.C4H10/c1-25(2,3)18-29(24(37)19-7-5-4-6-8-19)17-22(34)28(12-14-31)16-21(33)27(11-13-30)10-9-20(32)26-15-23(35)36;1-4(2)3/h4-8,30-31H,9-18H2,1-3H3,(H,26,32)(H,35,36);4H,1-3H3. The zero-order valence-corrected chi connectivity index (χ0v) is 25.3. The number of hydrogen-bond donors (Lipinski definition) is 4. The molecule has 4 N–H and O–H groups in total. The number of benzene rings is 1. The van der Waals surface area contributed by atoms with Crippen LogP contribution in [0.5, 0.6) is 0 Å². The maximum atomic E-state index is 13.2. The van der Waals surface area contributed by atoms with E-state index in [1.54, 1.807) is 30.3 Å². The molecule has 0 aromatic heterocycles. The maximum absolute atomic E-state index is 13.2. The number of carboxylic acids is 1. The number of amides is 4. The maximum Gasteiger partial charge on any atom is 0.322 e. The van der Waals surface area contributed by atoms with Crippen molar-refractivity contribution in [2.75, 3.05) is 59.0 Å². The van der Waals surface area contributed by atoms with Gasteiger partial charge in [-0.2, -0.15) is 0 Å². The molecule has 0 fully saturated rings.